The van der Waals surface area contributed by atoms with Crippen molar-refractivity contribution in [2.24, 2.45) is 11.5 Å². The summed E-state index contributed by atoms with van der Waals surface area (Å²) in [5.74, 6) is -4.92. The fourth-order valence-electron chi connectivity index (χ4n) is 11.9. The SMILES string of the molecule is N#CCCOCCOCCNc1cc2c(=O)c(C(=O)O)cn(C3CC3)c2cc1Cl.NCCCOCCOCCNc1cc2c(=O)c(C(=O)O)cn(C3CC3)c2cc1Cl.NCCCOCCOCCNc1cc2c(=O)c(C(=O)O)cn(C3CC3)c2cc1Cl.O=C(O)c1cn(C2CC2)c2cc(Cl)c(NCCOCCO)cc2c1=O. The zero-order chi connectivity index (χ0) is 80.4. The Balaban J connectivity index is 0.000000172. The lowest BCUT2D eigenvalue weighted by Crippen LogP contribution is -2.19. The van der Waals surface area contributed by atoms with Gasteiger partial charge in [-0.05, 0) is 126 Å². The molecule has 4 aliphatic rings. The van der Waals surface area contributed by atoms with E-state index in [1.165, 1.54) is 24.8 Å². The number of nitrogens with one attached hydrogen (secondary N) is 4. The molecule has 0 unspecified atom stereocenters. The Morgan fingerprint density at radius 1 is 0.384 bits per heavy atom. The average Bonchev–Trinajstić information content (AvgIpc) is 1.55. The monoisotopic (exact) mass is 1630 g/mol. The fraction of sp³-hybridized carbons (Fsp3) is 0.468. The van der Waals surface area contributed by atoms with Crippen molar-refractivity contribution in [3.05, 3.63) is 157 Å². The molecule has 4 heterocycles. The van der Waals surface area contributed by atoms with Gasteiger partial charge in [-0.25, -0.2) is 19.2 Å². The minimum Gasteiger partial charge on any atom is -0.477 e. The Morgan fingerprint density at radius 3 is 0.830 bits per heavy atom. The van der Waals surface area contributed by atoms with Crippen molar-refractivity contribution >= 4 is 137 Å². The van der Waals surface area contributed by atoms with Gasteiger partial charge in [0.05, 0.1) is 163 Å². The van der Waals surface area contributed by atoms with E-state index in [-0.39, 0.29) is 59.6 Å². The number of anilines is 4. The number of hydrogen-bond donors (Lipinski definition) is 11. The highest BCUT2D eigenvalue weighted by Gasteiger charge is 2.32. The Labute approximate surface area is 663 Å². The number of nitriles is 1. The summed E-state index contributed by atoms with van der Waals surface area (Å²) in [5, 5.41) is 70.2. The van der Waals surface area contributed by atoms with E-state index in [1.807, 2.05) is 24.3 Å². The fourth-order valence-corrected chi connectivity index (χ4v) is 12.8. The van der Waals surface area contributed by atoms with Crippen LogP contribution in [-0.2, 0) is 33.2 Å². The lowest BCUT2D eigenvalue weighted by Gasteiger charge is -2.15. The highest BCUT2D eigenvalue weighted by molar-refractivity contribution is 6.35. The second-order valence-corrected chi connectivity index (χ2v) is 28.2. The van der Waals surface area contributed by atoms with Crippen LogP contribution >= 0.6 is 46.4 Å². The van der Waals surface area contributed by atoms with Crippen LogP contribution in [0.3, 0.4) is 0 Å². The molecule has 4 aliphatic carbocycles. The van der Waals surface area contributed by atoms with Gasteiger partial charge in [-0.3, -0.25) is 19.2 Å². The number of hydrogen-bond acceptors (Lipinski definition) is 23. The molecular weight excluding hydrogens is 1540 g/mol. The third-order valence-electron chi connectivity index (χ3n) is 18.1. The van der Waals surface area contributed by atoms with E-state index in [2.05, 4.69) is 21.3 Å². The molecule has 35 heteroatoms. The average molecular weight is 1630 g/mol. The summed E-state index contributed by atoms with van der Waals surface area (Å²) >= 11 is 25.5. The van der Waals surface area contributed by atoms with Crippen molar-refractivity contribution in [2.45, 2.75) is 94.8 Å². The number of fused-ring (bicyclic) bond motifs is 4. The van der Waals surface area contributed by atoms with Gasteiger partial charge in [0.2, 0.25) is 21.7 Å². The van der Waals surface area contributed by atoms with Gasteiger partial charge in [0, 0.05) is 110 Å². The van der Waals surface area contributed by atoms with Crippen LogP contribution in [0.2, 0.25) is 20.1 Å². The lowest BCUT2D eigenvalue weighted by atomic mass is 10.1. The van der Waals surface area contributed by atoms with E-state index in [1.54, 1.807) is 48.5 Å². The summed E-state index contributed by atoms with van der Waals surface area (Å²) in [4.78, 5) is 96.3. The molecule has 4 saturated carbocycles. The topological polar surface area (TPSA) is 446 Å². The van der Waals surface area contributed by atoms with Gasteiger partial charge in [-0.15, -0.1) is 0 Å². The second kappa shape index (κ2) is 43.3. The van der Waals surface area contributed by atoms with Gasteiger partial charge in [0.1, 0.15) is 22.3 Å². The highest BCUT2D eigenvalue weighted by Crippen LogP contribution is 2.42. The number of benzene rings is 4. The smallest absolute Gasteiger partial charge is 0.341 e. The standard InChI is InChI=1S/2C20H26ClN3O5.C20H22ClN3O5.C17H19ClN2O5/c3*21-16-11-18-14(19(25)15(20(26)27)12-24(18)13-2-3-13)10-17(16)23-5-7-29-9-8-28-6-1-4-22;18-13-8-15-11(7-14(13)19-3-5-25-6-4-21)16(22)12(17(23)24)9-20(15)10-1-2-10/h2*10-13,23H,1-9,22H2,(H,26,27);10-13,23H,1-3,5-9H2,(H,26,27);7-10,19,21H,1-6H2,(H,23,24). The molecule has 604 valence electrons. The first-order chi connectivity index (χ1) is 54.1. The van der Waals surface area contributed by atoms with Crippen LogP contribution < -0.4 is 54.4 Å². The van der Waals surface area contributed by atoms with E-state index in [9.17, 15) is 58.8 Å². The number of carbonyl (C=O) groups is 4. The van der Waals surface area contributed by atoms with Crippen LogP contribution in [0.5, 0.6) is 0 Å². The van der Waals surface area contributed by atoms with Gasteiger partial charge < -0.3 is 110 Å². The Morgan fingerprint density at radius 2 is 0.616 bits per heavy atom. The second-order valence-electron chi connectivity index (χ2n) is 26.6. The molecule has 0 spiro atoms. The maximum Gasteiger partial charge on any atom is 0.341 e. The molecule has 4 aromatic carbocycles. The van der Waals surface area contributed by atoms with Crippen molar-refractivity contribution < 1.29 is 77.9 Å². The predicted molar refractivity (Wildman–Crippen MR) is 428 cm³/mol. The quantitative estimate of drug-likeness (QED) is 0.0158. The number of rotatable bonds is 43. The third-order valence-corrected chi connectivity index (χ3v) is 19.4. The van der Waals surface area contributed by atoms with Crippen LogP contribution in [0.25, 0.3) is 43.6 Å². The van der Waals surface area contributed by atoms with E-state index in [0.29, 0.717) is 218 Å². The summed E-state index contributed by atoms with van der Waals surface area (Å²) in [6.45, 7) is 9.40. The van der Waals surface area contributed by atoms with Crippen LogP contribution in [0.15, 0.2) is 92.5 Å². The first-order valence-corrected chi connectivity index (χ1v) is 38.5. The molecular formula is C77H93Cl4N11O20. The molecule has 0 bridgehead atoms. The Kier molecular flexibility index (Phi) is 33.7. The number of aliphatic hydroxyl groups is 1. The number of pyridine rings is 4. The molecule has 4 fully saturated rings. The van der Waals surface area contributed by atoms with Gasteiger partial charge in [-0.2, -0.15) is 5.26 Å². The highest BCUT2D eigenvalue weighted by atomic mass is 35.5. The maximum absolute atomic E-state index is 12.6. The van der Waals surface area contributed by atoms with Crippen LogP contribution in [0, 0.1) is 11.3 Å². The van der Waals surface area contributed by atoms with Gasteiger partial charge in [0.25, 0.3) is 0 Å². The summed E-state index contributed by atoms with van der Waals surface area (Å²) in [6.07, 6.45) is 15.3. The Bertz CT molecular complexity index is 4770. The molecule has 0 aliphatic heterocycles. The molecule has 0 amide bonds. The van der Waals surface area contributed by atoms with Crippen molar-refractivity contribution in [2.75, 3.05) is 160 Å². The zero-order valence-electron chi connectivity index (χ0n) is 61.6. The van der Waals surface area contributed by atoms with Gasteiger partial charge in [-0.1, -0.05) is 46.4 Å². The number of nitrogens with two attached hydrogens (primary N) is 2. The summed E-state index contributed by atoms with van der Waals surface area (Å²) < 4.78 is 44.9. The first-order valence-electron chi connectivity index (χ1n) is 36.9. The molecule has 31 nitrogen and oxygen atoms in total. The van der Waals surface area contributed by atoms with E-state index in [4.69, 9.17) is 101 Å². The number of aromatic carboxylic acids is 4. The number of aliphatic hydroxyl groups excluding tert-OH is 1. The number of ether oxygens (including phenoxy) is 7. The van der Waals surface area contributed by atoms with E-state index < -0.39 is 45.6 Å². The molecule has 0 atom stereocenters. The Hall–Kier alpha value is -8.95. The molecule has 8 aromatic rings. The summed E-state index contributed by atoms with van der Waals surface area (Å²) in [6, 6.07) is 16.1. The van der Waals surface area contributed by atoms with Crippen LogP contribution in [-0.4, -0.2) is 206 Å². The van der Waals surface area contributed by atoms with Crippen LogP contribution in [0.1, 0.15) is 136 Å². The van der Waals surface area contributed by atoms with Crippen molar-refractivity contribution in [3.63, 3.8) is 0 Å². The predicted octanol–water partition coefficient (Wildman–Crippen LogP) is 10.1. The number of halogens is 4. The summed E-state index contributed by atoms with van der Waals surface area (Å²) in [5.41, 5.74) is 12.6. The zero-order valence-corrected chi connectivity index (χ0v) is 64.7. The van der Waals surface area contributed by atoms with E-state index in [0.717, 1.165) is 64.2 Å². The number of carboxylic acids is 4. The van der Waals surface area contributed by atoms with Crippen molar-refractivity contribution in [3.8, 4) is 6.07 Å². The van der Waals surface area contributed by atoms with Gasteiger partial charge >= 0.3 is 23.9 Å². The normalized spacial score (nSPS) is 13.7. The minimum absolute atomic E-state index is 0.0462. The van der Waals surface area contributed by atoms with Crippen molar-refractivity contribution in [1.29, 1.82) is 5.26 Å². The number of nitrogens with zero attached hydrogens (tertiary/aromatic N) is 5. The molecule has 4 aromatic heterocycles. The van der Waals surface area contributed by atoms with Gasteiger partial charge in [0.15, 0.2) is 0 Å². The lowest BCUT2D eigenvalue weighted by molar-refractivity contribution is 0.0513. The van der Waals surface area contributed by atoms with E-state index >= 15 is 0 Å². The van der Waals surface area contributed by atoms with Crippen molar-refractivity contribution in [1.82, 2.24) is 18.3 Å². The number of aromatic nitrogens is 4. The molecule has 112 heavy (non-hydrogen) atoms. The number of carboxylic acid groups (broad SMARTS) is 4. The maximum atomic E-state index is 12.6. The largest absolute Gasteiger partial charge is 0.477 e. The third kappa shape index (κ3) is 24.5. The summed E-state index contributed by atoms with van der Waals surface area (Å²) in [7, 11) is 0. The van der Waals surface area contributed by atoms with Crippen LogP contribution in [0.4, 0.5) is 22.7 Å². The molecule has 13 N–H and O–H groups in total. The first kappa shape index (κ1) is 87.0. The molecule has 12 rings (SSSR count). The molecule has 0 radical (unpaired) electrons. The minimum atomic E-state index is -1.24. The molecule has 0 saturated heterocycles.